The minimum Gasteiger partial charge on any atom is -0.336 e. The molecule has 166 valence electrons. The van der Waals surface area contributed by atoms with Crippen molar-refractivity contribution in [2.45, 2.75) is 29.8 Å². The first-order valence-corrected chi connectivity index (χ1v) is 12.3. The lowest BCUT2D eigenvalue weighted by atomic mass is 10.0. The zero-order valence-corrected chi connectivity index (χ0v) is 19.3. The Morgan fingerprint density at radius 2 is 1.53 bits per heavy atom. The molecular weight excluding hydrogens is 444 g/mol. The van der Waals surface area contributed by atoms with Crippen molar-refractivity contribution in [2.75, 3.05) is 13.1 Å². The van der Waals surface area contributed by atoms with Crippen molar-refractivity contribution < 1.29 is 13.2 Å². The Kier molecular flexibility index (Phi) is 6.65. The average molecular weight is 469 g/mol. The molecule has 5 nitrogen and oxygen atoms in total. The molecule has 0 aliphatic carbocycles. The van der Waals surface area contributed by atoms with Crippen LogP contribution in [0.4, 0.5) is 0 Å². The fourth-order valence-corrected chi connectivity index (χ4v) is 5.94. The number of alkyl halides is 1. The zero-order chi connectivity index (χ0) is 22.7. The van der Waals surface area contributed by atoms with Gasteiger partial charge in [-0.05, 0) is 30.2 Å². The number of carbonyl (C=O) groups is 1. The van der Waals surface area contributed by atoms with Gasteiger partial charge in [0, 0.05) is 13.1 Å². The molecule has 1 amide bonds. The number of carbonyl (C=O) groups excluding carboxylic acids is 1. The van der Waals surface area contributed by atoms with Gasteiger partial charge in [-0.25, -0.2) is 8.42 Å². The van der Waals surface area contributed by atoms with Crippen molar-refractivity contribution in [2.24, 2.45) is 0 Å². The van der Waals surface area contributed by atoms with Crippen molar-refractivity contribution in [3.05, 3.63) is 102 Å². The Balaban J connectivity index is 1.69. The van der Waals surface area contributed by atoms with Crippen LogP contribution in [0.3, 0.4) is 0 Å². The van der Waals surface area contributed by atoms with E-state index in [-0.39, 0.29) is 23.9 Å². The second kappa shape index (κ2) is 9.45. The molecule has 32 heavy (non-hydrogen) atoms. The van der Waals surface area contributed by atoms with E-state index in [1.54, 1.807) is 29.2 Å². The zero-order valence-electron chi connectivity index (χ0n) is 17.8. The summed E-state index contributed by atoms with van der Waals surface area (Å²) in [5.41, 5.74) is 2.77. The average Bonchev–Trinajstić information content (AvgIpc) is 2.81. The molecule has 2 atom stereocenters. The second-order valence-corrected chi connectivity index (χ2v) is 10.4. The van der Waals surface area contributed by atoms with Gasteiger partial charge in [0.05, 0.1) is 22.9 Å². The summed E-state index contributed by atoms with van der Waals surface area (Å²) in [5, 5.41) is -0.609. The maximum Gasteiger partial charge on any atom is 0.243 e. The first kappa shape index (κ1) is 22.5. The van der Waals surface area contributed by atoms with Crippen LogP contribution in [0.15, 0.2) is 89.8 Å². The molecule has 1 fully saturated rings. The minimum absolute atomic E-state index is 0.161. The van der Waals surface area contributed by atoms with Crippen LogP contribution in [-0.2, 0) is 21.4 Å². The van der Waals surface area contributed by atoms with Gasteiger partial charge >= 0.3 is 0 Å². The number of piperazine rings is 1. The van der Waals surface area contributed by atoms with Gasteiger partial charge in [-0.3, -0.25) is 4.79 Å². The molecule has 3 aromatic carbocycles. The lowest BCUT2D eigenvalue weighted by Crippen LogP contribution is -2.58. The van der Waals surface area contributed by atoms with Gasteiger partial charge in [0.25, 0.3) is 0 Å². The molecule has 0 radical (unpaired) electrons. The van der Waals surface area contributed by atoms with Gasteiger partial charge in [0.15, 0.2) is 0 Å². The standard InChI is InChI=1S/C25H25ClN2O3S/c1-19-12-14-22(15-13-19)32(30,31)28-18-24(29)27(16-20-8-4-2-5-9-20)17-23(28)25(26)21-10-6-3-7-11-21/h2-15,23,25H,16-18H2,1H3. The van der Waals surface area contributed by atoms with Crippen LogP contribution in [0.5, 0.6) is 0 Å². The monoisotopic (exact) mass is 468 g/mol. The highest BCUT2D eigenvalue weighted by molar-refractivity contribution is 7.89. The largest absolute Gasteiger partial charge is 0.336 e. The Hall–Kier alpha value is -2.67. The van der Waals surface area contributed by atoms with Crippen LogP contribution in [0.2, 0.25) is 0 Å². The van der Waals surface area contributed by atoms with Crippen molar-refractivity contribution in [1.82, 2.24) is 9.21 Å². The highest BCUT2D eigenvalue weighted by Gasteiger charge is 2.43. The van der Waals surface area contributed by atoms with Crippen LogP contribution in [0.1, 0.15) is 22.1 Å². The van der Waals surface area contributed by atoms with E-state index in [4.69, 9.17) is 11.6 Å². The van der Waals surface area contributed by atoms with E-state index >= 15 is 0 Å². The third-order valence-electron chi connectivity index (χ3n) is 5.72. The van der Waals surface area contributed by atoms with E-state index in [1.165, 1.54) is 4.31 Å². The summed E-state index contributed by atoms with van der Waals surface area (Å²) in [4.78, 5) is 14.9. The third kappa shape index (κ3) is 4.72. The van der Waals surface area contributed by atoms with Crippen molar-refractivity contribution in [3.8, 4) is 0 Å². The quantitative estimate of drug-likeness (QED) is 0.504. The number of amides is 1. The van der Waals surface area contributed by atoms with Crippen LogP contribution < -0.4 is 0 Å². The van der Waals surface area contributed by atoms with Gasteiger partial charge in [-0.2, -0.15) is 4.31 Å². The predicted octanol–water partition coefficient (Wildman–Crippen LogP) is 4.38. The summed E-state index contributed by atoms with van der Waals surface area (Å²) < 4.78 is 28.4. The fraction of sp³-hybridized carbons (Fsp3) is 0.240. The lowest BCUT2D eigenvalue weighted by Gasteiger charge is -2.42. The first-order valence-electron chi connectivity index (χ1n) is 10.5. The normalized spacial score (nSPS) is 18.5. The van der Waals surface area contributed by atoms with E-state index in [1.807, 2.05) is 67.6 Å². The van der Waals surface area contributed by atoms with Gasteiger partial charge in [-0.1, -0.05) is 78.4 Å². The third-order valence-corrected chi connectivity index (χ3v) is 8.15. The Labute approximate surface area is 194 Å². The molecule has 4 rings (SSSR count). The van der Waals surface area contributed by atoms with E-state index in [2.05, 4.69) is 0 Å². The van der Waals surface area contributed by atoms with E-state index in [0.717, 1.165) is 16.7 Å². The number of aryl methyl sites for hydroxylation is 1. The van der Waals surface area contributed by atoms with Crippen molar-refractivity contribution in [3.63, 3.8) is 0 Å². The molecule has 0 aromatic heterocycles. The first-order chi connectivity index (χ1) is 15.4. The number of hydrogen-bond donors (Lipinski definition) is 0. The molecule has 1 saturated heterocycles. The maximum absolute atomic E-state index is 13.6. The molecule has 2 unspecified atom stereocenters. The van der Waals surface area contributed by atoms with Crippen LogP contribution in [0.25, 0.3) is 0 Å². The fourth-order valence-electron chi connectivity index (χ4n) is 3.93. The number of sulfonamides is 1. The summed E-state index contributed by atoms with van der Waals surface area (Å²) in [7, 11) is -3.91. The molecule has 1 aliphatic rings. The van der Waals surface area contributed by atoms with Crippen LogP contribution >= 0.6 is 11.6 Å². The second-order valence-electron chi connectivity index (χ2n) is 8.00. The smallest absolute Gasteiger partial charge is 0.243 e. The summed E-state index contributed by atoms with van der Waals surface area (Å²) in [6.45, 7) is 2.27. The summed E-state index contributed by atoms with van der Waals surface area (Å²) in [5.74, 6) is -0.238. The highest BCUT2D eigenvalue weighted by Crippen LogP contribution is 2.34. The molecule has 0 bridgehead atoms. The Morgan fingerprint density at radius 3 is 2.16 bits per heavy atom. The molecule has 7 heteroatoms. The SMILES string of the molecule is Cc1ccc(S(=O)(=O)N2CC(=O)N(Cc3ccccc3)CC2C(Cl)c2ccccc2)cc1. The highest BCUT2D eigenvalue weighted by atomic mass is 35.5. The van der Waals surface area contributed by atoms with Gasteiger partial charge in [0.2, 0.25) is 15.9 Å². The minimum atomic E-state index is -3.91. The summed E-state index contributed by atoms with van der Waals surface area (Å²) in [6, 6.07) is 25.1. The topological polar surface area (TPSA) is 57.7 Å². The molecule has 0 spiro atoms. The van der Waals surface area contributed by atoms with E-state index < -0.39 is 21.4 Å². The number of halogens is 1. The Morgan fingerprint density at radius 1 is 0.938 bits per heavy atom. The predicted molar refractivity (Wildman–Crippen MR) is 126 cm³/mol. The van der Waals surface area contributed by atoms with E-state index in [9.17, 15) is 13.2 Å². The number of benzene rings is 3. The van der Waals surface area contributed by atoms with Gasteiger partial charge < -0.3 is 4.90 Å². The molecule has 0 saturated carbocycles. The summed E-state index contributed by atoms with van der Waals surface area (Å²) in [6.07, 6.45) is 0. The molecule has 3 aromatic rings. The van der Waals surface area contributed by atoms with Gasteiger partial charge in [0.1, 0.15) is 0 Å². The van der Waals surface area contributed by atoms with Crippen molar-refractivity contribution in [1.29, 1.82) is 0 Å². The Bertz CT molecular complexity index is 1170. The number of rotatable bonds is 6. The summed E-state index contributed by atoms with van der Waals surface area (Å²) >= 11 is 6.87. The van der Waals surface area contributed by atoms with Crippen molar-refractivity contribution >= 4 is 27.5 Å². The van der Waals surface area contributed by atoms with Gasteiger partial charge in [-0.15, -0.1) is 11.6 Å². The molecule has 1 heterocycles. The number of hydrogen-bond acceptors (Lipinski definition) is 3. The molecule has 1 aliphatic heterocycles. The lowest BCUT2D eigenvalue weighted by molar-refractivity contribution is -0.136. The molecular formula is C25H25ClN2O3S. The van der Waals surface area contributed by atoms with Crippen LogP contribution in [0, 0.1) is 6.92 Å². The molecule has 0 N–H and O–H groups in total. The van der Waals surface area contributed by atoms with E-state index in [0.29, 0.717) is 6.54 Å². The number of nitrogens with zero attached hydrogens (tertiary/aromatic N) is 2. The van der Waals surface area contributed by atoms with Crippen LogP contribution in [-0.4, -0.2) is 42.7 Å². The maximum atomic E-state index is 13.6.